The largest absolute Gasteiger partial charge is 0.383 e. The summed E-state index contributed by atoms with van der Waals surface area (Å²) in [4.78, 5) is 6.60. The Labute approximate surface area is 124 Å². The van der Waals surface area contributed by atoms with Crippen LogP contribution in [-0.2, 0) is 4.74 Å². The molecule has 0 aromatic heterocycles. The zero-order chi connectivity index (χ0) is 14.6. The first-order valence-electron chi connectivity index (χ1n) is 7.91. The van der Waals surface area contributed by atoms with Crippen LogP contribution in [0.3, 0.4) is 0 Å². The van der Waals surface area contributed by atoms with Gasteiger partial charge in [-0.15, -0.1) is 0 Å². The van der Waals surface area contributed by atoms with Gasteiger partial charge in [-0.2, -0.15) is 0 Å². The first kappa shape index (κ1) is 17.2. The van der Waals surface area contributed by atoms with E-state index in [1.165, 1.54) is 32.1 Å². The average Bonchev–Trinajstić information content (AvgIpc) is 2.49. The normalized spacial score (nSPS) is 17.5. The van der Waals surface area contributed by atoms with Crippen molar-refractivity contribution in [3.05, 3.63) is 0 Å². The highest BCUT2D eigenvalue weighted by molar-refractivity contribution is 5.79. The Morgan fingerprint density at radius 1 is 1.25 bits per heavy atom. The van der Waals surface area contributed by atoms with Crippen molar-refractivity contribution in [3.63, 3.8) is 0 Å². The van der Waals surface area contributed by atoms with Gasteiger partial charge in [-0.25, -0.2) is 0 Å². The second-order valence-electron chi connectivity index (χ2n) is 5.63. The summed E-state index contributed by atoms with van der Waals surface area (Å²) in [6, 6.07) is 0.610. The minimum Gasteiger partial charge on any atom is -0.383 e. The van der Waals surface area contributed by atoms with Gasteiger partial charge in [0.15, 0.2) is 5.96 Å². The summed E-state index contributed by atoms with van der Waals surface area (Å²) in [6.07, 6.45) is 7.75. The van der Waals surface area contributed by atoms with Gasteiger partial charge in [0.25, 0.3) is 0 Å². The van der Waals surface area contributed by atoms with Crippen LogP contribution in [0.1, 0.15) is 38.5 Å². The molecule has 0 bridgehead atoms. The maximum Gasteiger partial charge on any atom is 0.191 e. The van der Waals surface area contributed by atoms with Crippen LogP contribution in [0.15, 0.2) is 4.99 Å². The summed E-state index contributed by atoms with van der Waals surface area (Å²) in [7, 11) is 5.73. The van der Waals surface area contributed by atoms with E-state index in [0.29, 0.717) is 6.04 Å². The molecule has 0 amide bonds. The second kappa shape index (κ2) is 10.9. The molecule has 1 rings (SSSR count). The van der Waals surface area contributed by atoms with Gasteiger partial charge in [-0.1, -0.05) is 19.3 Å². The fourth-order valence-corrected chi connectivity index (χ4v) is 2.55. The van der Waals surface area contributed by atoms with Crippen LogP contribution in [0.5, 0.6) is 0 Å². The Balaban J connectivity index is 2.09. The lowest BCUT2D eigenvalue weighted by Crippen LogP contribution is -2.44. The number of methoxy groups -OCH3 is 1. The lowest BCUT2D eigenvalue weighted by molar-refractivity contribution is 0.161. The fourth-order valence-electron chi connectivity index (χ4n) is 2.55. The van der Waals surface area contributed by atoms with Crippen molar-refractivity contribution in [3.8, 4) is 0 Å². The molecule has 118 valence electrons. The Morgan fingerprint density at radius 2 is 2.00 bits per heavy atom. The number of aliphatic imine (C=N–C) groups is 1. The molecule has 0 aromatic carbocycles. The highest BCUT2D eigenvalue weighted by Crippen LogP contribution is 2.17. The van der Waals surface area contributed by atoms with Crippen LogP contribution in [-0.4, -0.2) is 64.3 Å². The van der Waals surface area contributed by atoms with E-state index >= 15 is 0 Å². The molecule has 2 N–H and O–H groups in total. The molecule has 0 radical (unpaired) electrons. The summed E-state index contributed by atoms with van der Waals surface area (Å²) >= 11 is 0. The van der Waals surface area contributed by atoms with Gasteiger partial charge < -0.3 is 20.3 Å². The third-order valence-corrected chi connectivity index (χ3v) is 3.86. The Kier molecular flexibility index (Phi) is 9.41. The van der Waals surface area contributed by atoms with Crippen LogP contribution in [0, 0.1) is 0 Å². The smallest absolute Gasteiger partial charge is 0.191 e. The third-order valence-electron chi connectivity index (χ3n) is 3.86. The fraction of sp³-hybridized carbons (Fsp3) is 0.933. The molecule has 0 aliphatic heterocycles. The van der Waals surface area contributed by atoms with E-state index in [9.17, 15) is 0 Å². The van der Waals surface area contributed by atoms with Gasteiger partial charge in [0.1, 0.15) is 0 Å². The maximum atomic E-state index is 5.07. The number of guanidine groups is 1. The van der Waals surface area contributed by atoms with E-state index in [1.54, 1.807) is 7.11 Å². The van der Waals surface area contributed by atoms with Crippen LogP contribution in [0.4, 0.5) is 0 Å². The topological polar surface area (TPSA) is 48.9 Å². The number of nitrogens with one attached hydrogen (secondary N) is 2. The van der Waals surface area contributed by atoms with E-state index < -0.39 is 0 Å². The highest BCUT2D eigenvalue weighted by atomic mass is 16.5. The van der Waals surface area contributed by atoms with Crippen LogP contribution in [0.2, 0.25) is 0 Å². The quantitative estimate of drug-likeness (QED) is 0.402. The molecule has 0 atom stereocenters. The van der Waals surface area contributed by atoms with Crippen molar-refractivity contribution in [1.82, 2.24) is 15.5 Å². The SMILES string of the molecule is CN=C(NCCCN(C)CCOC)NC1CCCCC1. The number of hydrogen-bond acceptors (Lipinski definition) is 3. The molecule has 0 saturated heterocycles. The average molecular weight is 284 g/mol. The summed E-state index contributed by atoms with van der Waals surface area (Å²) in [5.41, 5.74) is 0. The van der Waals surface area contributed by atoms with E-state index in [1.807, 2.05) is 7.05 Å². The molecule has 0 heterocycles. The lowest BCUT2D eigenvalue weighted by atomic mass is 9.96. The summed E-state index contributed by atoms with van der Waals surface area (Å²) in [6.45, 7) is 3.83. The summed E-state index contributed by atoms with van der Waals surface area (Å²) in [5.74, 6) is 0.955. The number of hydrogen-bond donors (Lipinski definition) is 2. The molecular weight excluding hydrogens is 252 g/mol. The Bertz CT molecular complexity index is 265. The minimum atomic E-state index is 0.610. The van der Waals surface area contributed by atoms with Gasteiger partial charge >= 0.3 is 0 Å². The molecule has 1 aliphatic rings. The van der Waals surface area contributed by atoms with Crippen molar-refractivity contribution in [2.45, 2.75) is 44.6 Å². The van der Waals surface area contributed by atoms with E-state index in [4.69, 9.17) is 4.74 Å². The van der Waals surface area contributed by atoms with Gasteiger partial charge in [-0.3, -0.25) is 4.99 Å². The molecule has 0 spiro atoms. The molecule has 0 unspecified atom stereocenters. The van der Waals surface area contributed by atoms with Gasteiger partial charge in [0, 0.05) is 33.3 Å². The summed E-state index contributed by atoms with van der Waals surface area (Å²) in [5, 5.41) is 6.94. The van der Waals surface area contributed by atoms with Crippen molar-refractivity contribution < 1.29 is 4.74 Å². The molecule has 1 saturated carbocycles. The highest BCUT2D eigenvalue weighted by Gasteiger charge is 2.14. The molecular formula is C15H32N4O. The maximum absolute atomic E-state index is 5.07. The number of rotatable bonds is 8. The Hall–Kier alpha value is -0.810. The van der Waals surface area contributed by atoms with Gasteiger partial charge in [0.05, 0.1) is 6.61 Å². The second-order valence-corrected chi connectivity index (χ2v) is 5.63. The lowest BCUT2D eigenvalue weighted by Gasteiger charge is -2.25. The van der Waals surface area contributed by atoms with Crippen LogP contribution in [0.25, 0.3) is 0 Å². The molecule has 1 aliphatic carbocycles. The van der Waals surface area contributed by atoms with Crippen LogP contribution < -0.4 is 10.6 Å². The molecule has 20 heavy (non-hydrogen) atoms. The van der Waals surface area contributed by atoms with Crippen molar-refractivity contribution in [2.24, 2.45) is 4.99 Å². The van der Waals surface area contributed by atoms with Gasteiger partial charge in [-0.05, 0) is 32.9 Å². The molecule has 0 aromatic rings. The standard InChI is InChI=1S/C15H32N4O/c1-16-15(18-14-8-5-4-6-9-14)17-10-7-11-19(2)12-13-20-3/h14H,4-13H2,1-3H3,(H2,16,17,18). The first-order chi connectivity index (χ1) is 9.76. The predicted octanol–water partition coefficient (Wildman–Crippen LogP) is 1.45. The van der Waals surface area contributed by atoms with Gasteiger partial charge in [0.2, 0.25) is 0 Å². The Morgan fingerprint density at radius 3 is 2.65 bits per heavy atom. The summed E-state index contributed by atoms with van der Waals surface area (Å²) < 4.78 is 5.07. The molecule has 1 fully saturated rings. The van der Waals surface area contributed by atoms with E-state index in [2.05, 4.69) is 27.6 Å². The third kappa shape index (κ3) is 7.70. The minimum absolute atomic E-state index is 0.610. The molecule has 5 nitrogen and oxygen atoms in total. The van der Waals surface area contributed by atoms with Crippen molar-refractivity contribution >= 4 is 5.96 Å². The zero-order valence-corrected chi connectivity index (χ0v) is 13.5. The van der Waals surface area contributed by atoms with E-state index in [-0.39, 0.29) is 0 Å². The number of likely N-dealkylation sites (N-methyl/N-ethyl adjacent to an activating group) is 1. The van der Waals surface area contributed by atoms with Crippen LogP contribution >= 0.6 is 0 Å². The predicted molar refractivity (Wildman–Crippen MR) is 85.4 cm³/mol. The molecule has 5 heteroatoms. The number of ether oxygens (including phenoxy) is 1. The van der Waals surface area contributed by atoms with Crippen molar-refractivity contribution in [2.75, 3.05) is 47.4 Å². The monoisotopic (exact) mass is 284 g/mol. The zero-order valence-electron chi connectivity index (χ0n) is 13.5. The first-order valence-corrected chi connectivity index (χ1v) is 7.91. The van der Waals surface area contributed by atoms with E-state index in [0.717, 1.165) is 38.6 Å². The van der Waals surface area contributed by atoms with Crippen molar-refractivity contribution in [1.29, 1.82) is 0 Å². The number of nitrogens with zero attached hydrogens (tertiary/aromatic N) is 2.